The van der Waals surface area contributed by atoms with Crippen molar-refractivity contribution in [2.45, 2.75) is 41.1 Å². The van der Waals surface area contributed by atoms with Crippen molar-refractivity contribution in [1.82, 2.24) is 0 Å². The van der Waals surface area contributed by atoms with Gasteiger partial charge in [0.2, 0.25) is 0 Å². The molecule has 1 atom stereocenters. The first-order valence-corrected chi connectivity index (χ1v) is 22.5. The molecule has 4 aliphatic rings. The van der Waals surface area contributed by atoms with E-state index in [1.165, 1.54) is 6.42 Å². The maximum absolute atomic E-state index is 2.68. The van der Waals surface area contributed by atoms with Crippen molar-refractivity contribution in [3.05, 3.63) is 62.5 Å². The average molecular weight is 469 g/mol. The predicted octanol–water partition coefficient (Wildman–Crippen LogP) is -0.839. The van der Waals surface area contributed by atoms with Crippen LogP contribution in [0.5, 0.6) is 0 Å². The van der Waals surface area contributed by atoms with Crippen LogP contribution in [0.2, 0.25) is 24.2 Å². The molecule has 0 spiro atoms. The Balaban J connectivity index is 0.000000845. The van der Waals surface area contributed by atoms with Crippen molar-refractivity contribution < 1.29 is 42.3 Å². The Kier molecular flexibility index (Phi) is 5.70. The summed E-state index contributed by atoms with van der Waals surface area (Å²) in [5, 5.41) is 0. The second-order valence-electron chi connectivity index (χ2n) is 7.30. The minimum atomic E-state index is -2.18. The minimum Gasteiger partial charge on any atom is -1.00 e. The maximum Gasteiger partial charge on any atom is -1.00 e. The van der Waals surface area contributed by atoms with Gasteiger partial charge in [0.15, 0.2) is 0 Å². The molecule has 0 amide bonds. The number of hydrogen-bond acceptors (Lipinski definition) is 0. The van der Waals surface area contributed by atoms with Gasteiger partial charge in [-0.1, -0.05) is 0 Å². The van der Waals surface area contributed by atoms with Gasteiger partial charge >= 0.3 is 138 Å². The fraction of sp³-hybridized carbons (Fsp3) is 0.368. The third-order valence-corrected chi connectivity index (χ3v) is 63.8. The van der Waals surface area contributed by atoms with Gasteiger partial charge in [0.1, 0.15) is 0 Å². The van der Waals surface area contributed by atoms with Crippen LogP contribution in [0.3, 0.4) is 0 Å². The Morgan fingerprint density at radius 1 is 1.00 bits per heavy atom. The van der Waals surface area contributed by atoms with Crippen molar-refractivity contribution in [2.75, 3.05) is 0 Å². The predicted molar refractivity (Wildman–Crippen MR) is 95.4 cm³/mol. The normalized spacial score (nSPS) is 22.5. The Hall–Kier alpha value is 0.337. The molecule has 24 heavy (non-hydrogen) atoms. The fourth-order valence-corrected chi connectivity index (χ4v) is 83.0. The van der Waals surface area contributed by atoms with Crippen LogP contribution in [0.4, 0.5) is 0 Å². The van der Waals surface area contributed by atoms with E-state index in [1.54, 1.807) is 40.9 Å². The molecule has 0 nitrogen and oxygen atoms in total. The largest absolute Gasteiger partial charge is 1.00 e. The van der Waals surface area contributed by atoms with E-state index in [0.29, 0.717) is 0 Å². The molecule has 124 valence electrons. The van der Waals surface area contributed by atoms with E-state index >= 15 is 0 Å². The first kappa shape index (κ1) is 19.1. The quantitative estimate of drug-likeness (QED) is 0.497. The zero-order valence-electron chi connectivity index (χ0n) is 14.0. The van der Waals surface area contributed by atoms with E-state index in [4.69, 9.17) is 0 Å². The fourth-order valence-electron chi connectivity index (χ4n) is 5.55. The smallest absolute Gasteiger partial charge is 1.00 e. The van der Waals surface area contributed by atoms with Gasteiger partial charge in [-0.05, 0) is 0 Å². The van der Waals surface area contributed by atoms with Gasteiger partial charge in [0, 0.05) is 0 Å². The molecule has 0 aromatic heterocycles. The summed E-state index contributed by atoms with van der Waals surface area (Å²) in [5.41, 5.74) is 4.84. The molecular formula is C19H22Cl2Si2Zr. The Morgan fingerprint density at radius 3 is 2.29 bits per heavy atom. The molecule has 1 aromatic carbocycles. The van der Waals surface area contributed by atoms with Crippen LogP contribution in [0.25, 0.3) is 6.08 Å². The minimum absolute atomic E-state index is 0. The summed E-state index contributed by atoms with van der Waals surface area (Å²) in [6.07, 6.45) is 11.7. The van der Waals surface area contributed by atoms with E-state index in [0.717, 1.165) is 3.63 Å². The van der Waals surface area contributed by atoms with Crippen molar-refractivity contribution >= 4 is 16.9 Å². The molecular weight excluding hydrogens is 447 g/mol. The molecule has 0 saturated carbocycles. The van der Waals surface area contributed by atoms with Crippen molar-refractivity contribution in [1.29, 1.82) is 0 Å². The summed E-state index contributed by atoms with van der Waals surface area (Å²) in [6.45, 7) is 2.33. The molecule has 0 N–H and O–H groups in total. The molecule has 1 unspecified atom stereocenters. The van der Waals surface area contributed by atoms with Crippen molar-refractivity contribution in [3.8, 4) is 0 Å². The molecule has 2 bridgehead atoms. The number of benzene rings is 1. The molecule has 2 aliphatic carbocycles. The van der Waals surface area contributed by atoms with E-state index in [-0.39, 0.29) is 35.7 Å². The van der Waals surface area contributed by atoms with Crippen molar-refractivity contribution in [3.63, 3.8) is 0 Å². The summed E-state index contributed by atoms with van der Waals surface area (Å²) < 4.78 is 2.97. The van der Waals surface area contributed by atoms with Crippen LogP contribution < -0.4 is 24.8 Å². The average Bonchev–Trinajstić information content (AvgIpc) is 3.29. The molecule has 0 fully saturated rings. The summed E-state index contributed by atoms with van der Waals surface area (Å²) in [6, 6.07) is 16.1. The molecule has 2 aliphatic heterocycles. The van der Waals surface area contributed by atoms with Gasteiger partial charge in [-0.3, -0.25) is 0 Å². The van der Waals surface area contributed by atoms with Gasteiger partial charge in [-0.2, -0.15) is 0 Å². The number of hydrogen-bond donors (Lipinski definition) is 0. The van der Waals surface area contributed by atoms with Crippen LogP contribution in [0.1, 0.15) is 28.1 Å². The zero-order chi connectivity index (χ0) is 14.7. The summed E-state index contributed by atoms with van der Waals surface area (Å²) in [5.74, 6) is 0. The second kappa shape index (κ2) is 7.16. The number of fused-ring (bicyclic) bond motifs is 1. The van der Waals surface area contributed by atoms with Gasteiger partial charge in [-0.15, -0.1) is 0 Å². The van der Waals surface area contributed by atoms with Crippen LogP contribution in [-0.2, 0) is 17.5 Å². The third-order valence-electron chi connectivity index (χ3n) is 6.39. The van der Waals surface area contributed by atoms with Crippen LogP contribution in [-0.4, -0.2) is 10.9 Å². The standard InChI is InChI=1S/C9H7.C6H7.C4H8Si2.2ClH.Zr/c1-2-5-9-7-3-6-8(9)4-1;1-6-4-2-3-5-6;1-2-6-4-3-5-1;;;/h1-7H;4-5H,2H2,1H3;1-4H2;2*1H;/q;;;;;+2/p-2. The van der Waals surface area contributed by atoms with E-state index in [1.807, 2.05) is 0 Å². The molecule has 5 rings (SSSR count). The first-order valence-electron chi connectivity index (χ1n) is 8.65. The Bertz CT molecular complexity index is 879. The zero-order valence-corrected chi connectivity index (χ0v) is 20.0. The summed E-state index contributed by atoms with van der Waals surface area (Å²) in [4.78, 5) is 0. The van der Waals surface area contributed by atoms with Crippen molar-refractivity contribution in [2.24, 2.45) is 0 Å². The second-order valence-corrected chi connectivity index (χ2v) is 41.5. The van der Waals surface area contributed by atoms with Gasteiger partial charge < -0.3 is 24.8 Å². The number of halogens is 2. The van der Waals surface area contributed by atoms with Gasteiger partial charge in [0.05, 0.1) is 0 Å². The molecule has 0 radical (unpaired) electrons. The van der Waals surface area contributed by atoms with Gasteiger partial charge in [0.25, 0.3) is 0 Å². The molecule has 2 heterocycles. The molecule has 1 aromatic rings. The van der Waals surface area contributed by atoms with Crippen LogP contribution >= 0.6 is 0 Å². The van der Waals surface area contributed by atoms with Crippen LogP contribution in [0.15, 0.2) is 51.3 Å². The van der Waals surface area contributed by atoms with E-state index < -0.39 is 17.5 Å². The van der Waals surface area contributed by atoms with E-state index in [9.17, 15) is 0 Å². The third kappa shape index (κ3) is 2.53. The summed E-state index contributed by atoms with van der Waals surface area (Å²) >= 11 is -2.18. The maximum atomic E-state index is 2.68. The molecule has 0 saturated heterocycles. The SMILES string of the molecule is CC1=CC[C]([Zr+2]2([CH]3C=Cc4ccccc43)=[Si]3CC[Si]=2CC3)=C1.[Cl-].[Cl-]. The van der Waals surface area contributed by atoms with Crippen LogP contribution in [0, 0.1) is 0 Å². The monoisotopic (exact) mass is 466 g/mol. The molecule has 5 heteroatoms. The first-order chi connectivity index (χ1) is 10.8. The number of allylic oxidation sites excluding steroid dienone is 5. The Morgan fingerprint density at radius 2 is 1.67 bits per heavy atom. The number of rotatable bonds is 2. The van der Waals surface area contributed by atoms with E-state index in [2.05, 4.69) is 58.8 Å². The Labute approximate surface area is 161 Å². The van der Waals surface area contributed by atoms with Gasteiger partial charge in [-0.25, -0.2) is 0 Å². The summed E-state index contributed by atoms with van der Waals surface area (Å²) in [7, 11) is 0. The topological polar surface area (TPSA) is 0 Å².